The van der Waals surface area contributed by atoms with E-state index in [0.717, 1.165) is 30.8 Å². The van der Waals surface area contributed by atoms with Gasteiger partial charge in [-0.15, -0.1) is 11.3 Å². The van der Waals surface area contributed by atoms with Crippen molar-refractivity contribution in [3.05, 3.63) is 22.4 Å². The van der Waals surface area contributed by atoms with Gasteiger partial charge in [-0.25, -0.2) is 0 Å². The van der Waals surface area contributed by atoms with Gasteiger partial charge in [0.2, 0.25) is 0 Å². The Morgan fingerprint density at radius 3 is 2.59 bits per heavy atom. The second kappa shape index (κ2) is 4.40. The van der Waals surface area contributed by atoms with Crippen LogP contribution in [0.4, 0.5) is 0 Å². The highest BCUT2D eigenvalue weighted by atomic mass is 32.1. The maximum Gasteiger partial charge on any atom is 0.171 e. The summed E-state index contributed by atoms with van der Waals surface area (Å²) in [4.78, 5) is 3.15. The smallest absolute Gasteiger partial charge is 0.171 e. The van der Waals surface area contributed by atoms with Gasteiger partial charge in [0.05, 0.1) is 18.1 Å². The summed E-state index contributed by atoms with van der Waals surface area (Å²) in [5.74, 6) is 0.291. The summed E-state index contributed by atoms with van der Waals surface area (Å²) in [6, 6.07) is 3.99. The number of rotatable bonds is 1. The van der Waals surface area contributed by atoms with Gasteiger partial charge in [0.25, 0.3) is 0 Å². The van der Waals surface area contributed by atoms with E-state index in [1.807, 2.05) is 17.5 Å². The number of thiophene rings is 1. The monoisotopic (exact) mass is 252 g/mol. The van der Waals surface area contributed by atoms with Gasteiger partial charge < -0.3 is 14.4 Å². The largest absolute Gasteiger partial charge is 0.356 e. The van der Waals surface area contributed by atoms with Crippen molar-refractivity contribution >= 4 is 17.2 Å². The lowest BCUT2D eigenvalue weighted by Gasteiger charge is -2.38. The van der Waals surface area contributed by atoms with E-state index in [1.165, 1.54) is 0 Å². The average Bonchev–Trinajstić information content (AvgIpc) is 3.01. The number of hydrogen-bond donors (Lipinski definition) is 1. The lowest BCUT2D eigenvalue weighted by atomic mass is 10.0. The van der Waals surface area contributed by atoms with Crippen molar-refractivity contribution in [2.75, 3.05) is 26.3 Å². The molecule has 2 aliphatic heterocycles. The Morgan fingerprint density at radius 2 is 2.00 bits per heavy atom. The van der Waals surface area contributed by atoms with E-state index in [9.17, 15) is 0 Å². The Hall–Kier alpha value is -0.910. The van der Waals surface area contributed by atoms with Gasteiger partial charge in [0, 0.05) is 25.9 Å². The van der Waals surface area contributed by atoms with Crippen molar-refractivity contribution in [2.24, 2.45) is 0 Å². The van der Waals surface area contributed by atoms with Crippen LogP contribution in [0.3, 0.4) is 0 Å². The molecule has 0 amide bonds. The van der Waals surface area contributed by atoms with E-state index in [1.54, 1.807) is 11.3 Å². The maximum absolute atomic E-state index is 8.15. The van der Waals surface area contributed by atoms with Crippen LogP contribution in [0.5, 0.6) is 0 Å². The third-order valence-electron chi connectivity index (χ3n) is 3.41. The summed E-state index contributed by atoms with van der Waals surface area (Å²) in [5.41, 5.74) is 0. The zero-order valence-electron chi connectivity index (χ0n) is 9.65. The number of hydrogen-bond acceptors (Lipinski definition) is 4. The molecule has 4 nitrogen and oxygen atoms in total. The van der Waals surface area contributed by atoms with Crippen molar-refractivity contribution < 1.29 is 9.47 Å². The predicted octanol–water partition coefficient (Wildman–Crippen LogP) is 1.91. The van der Waals surface area contributed by atoms with E-state index >= 15 is 0 Å². The molecule has 3 heterocycles. The van der Waals surface area contributed by atoms with Crippen molar-refractivity contribution in [1.29, 1.82) is 5.41 Å². The SMILES string of the molecule is N=C(c1cccs1)N1CCC2(CC1)OCCO2. The normalized spacial score (nSPS) is 23.2. The average molecular weight is 252 g/mol. The second-order valence-corrected chi connectivity index (χ2v) is 5.37. The second-order valence-electron chi connectivity index (χ2n) is 4.42. The van der Waals surface area contributed by atoms with Crippen LogP contribution < -0.4 is 0 Å². The molecule has 0 atom stereocenters. The van der Waals surface area contributed by atoms with Gasteiger partial charge >= 0.3 is 0 Å². The van der Waals surface area contributed by atoms with Gasteiger partial charge in [0.1, 0.15) is 5.84 Å². The molecule has 1 N–H and O–H groups in total. The minimum absolute atomic E-state index is 0.341. The molecule has 1 spiro atoms. The van der Waals surface area contributed by atoms with Crippen molar-refractivity contribution in [3.8, 4) is 0 Å². The summed E-state index contributed by atoms with van der Waals surface area (Å²) in [6.45, 7) is 3.11. The first kappa shape index (κ1) is 11.2. The zero-order chi connectivity index (χ0) is 11.7. The highest BCUT2D eigenvalue weighted by Crippen LogP contribution is 2.31. The van der Waals surface area contributed by atoms with E-state index < -0.39 is 0 Å². The Bertz CT molecular complexity index is 389. The minimum Gasteiger partial charge on any atom is -0.356 e. The highest BCUT2D eigenvalue weighted by molar-refractivity contribution is 7.12. The molecule has 3 rings (SSSR count). The number of nitrogens with zero attached hydrogens (tertiary/aromatic N) is 1. The van der Waals surface area contributed by atoms with Crippen LogP contribution in [-0.2, 0) is 9.47 Å². The fraction of sp³-hybridized carbons (Fsp3) is 0.583. The van der Waals surface area contributed by atoms with Crippen LogP contribution in [0.1, 0.15) is 17.7 Å². The number of piperidine rings is 1. The third-order valence-corrected chi connectivity index (χ3v) is 4.29. The molecule has 0 aliphatic carbocycles. The fourth-order valence-corrected chi connectivity index (χ4v) is 3.13. The summed E-state index contributed by atoms with van der Waals surface area (Å²) < 4.78 is 11.4. The molecule has 1 aromatic heterocycles. The molecule has 0 unspecified atom stereocenters. The van der Waals surface area contributed by atoms with Crippen LogP contribution in [0.15, 0.2) is 17.5 Å². The highest BCUT2D eigenvalue weighted by Gasteiger charge is 2.40. The standard InChI is InChI=1S/C12H16N2O2S/c13-11(10-2-1-9-17-10)14-5-3-12(4-6-14)15-7-8-16-12/h1-2,9,13H,3-8H2. The summed E-state index contributed by atoms with van der Waals surface area (Å²) in [5, 5.41) is 10.2. The Labute approximate surface area is 105 Å². The molecule has 0 bridgehead atoms. The zero-order valence-corrected chi connectivity index (χ0v) is 10.5. The quantitative estimate of drug-likeness (QED) is 0.613. The lowest BCUT2D eigenvalue weighted by Crippen LogP contribution is -2.47. The summed E-state index contributed by atoms with van der Waals surface area (Å²) >= 11 is 1.62. The van der Waals surface area contributed by atoms with Crippen molar-refractivity contribution in [1.82, 2.24) is 4.90 Å². The molecule has 0 aromatic carbocycles. The first-order valence-corrected chi connectivity index (χ1v) is 6.82. The molecule has 2 fully saturated rings. The van der Waals surface area contributed by atoms with Gasteiger partial charge in [-0.1, -0.05) is 6.07 Å². The Balaban J connectivity index is 1.63. The lowest BCUT2D eigenvalue weighted by molar-refractivity contribution is -0.180. The molecule has 0 radical (unpaired) electrons. The molecule has 2 saturated heterocycles. The van der Waals surface area contributed by atoms with Crippen LogP contribution in [-0.4, -0.2) is 42.8 Å². The molecule has 0 saturated carbocycles. The van der Waals surface area contributed by atoms with Crippen LogP contribution in [0.25, 0.3) is 0 Å². The van der Waals surface area contributed by atoms with Crippen LogP contribution in [0.2, 0.25) is 0 Å². The number of likely N-dealkylation sites (tertiary alicyclic amines) is 1. The molecule has 1 aromatic rings. The van der Waals surface area contributed by atoms with Crippen LogP contribution >= 0.6 is 11.3 Å². The van der Waals surface area contributed by atoms with Gasteiger partial charge in [-0.3, -0.25) is 5.41 Å². The third kappa shape index (κ3) is 2.10. The fourth-order valence-electron chi connectivity index (χ4n) is 2.43. The van der Waals surface area contributed by atoms with Gasteiger partial charge in [-0.05, 0) is 11.4 Å². The molecular formula is C12H16N2O2S. The Kier molecular flexibility index (Phi) is 2.90. The van der Waals surface area contributed by atoms with Crippen molar-refractivity contribution in [2.45, 2.75) is 18.6 Å². The number of amidine groups is 1. The molecule has 5 heteroatoms. The van der Waals surface area contributed by atoms with E-state index in [-0.39, 0.29) is 5.79 Å². The summed E-state index contributed by atoms with van der Waals surface area (Å²) in [6.07, 6.45) is 1.72. The molecular weight excluding hydrogens is 236 g/mol. The van der Waals surface area contributed by atoms with E-state index in [4.69, 9.17) is 14.9 Å². The number of ether oxygens (including phenoxy) is 2. The minimum atomic E-state index is -0.341. The molecule has 92 valence electrons. The Morgan fingerprint density at radius 1 is 1.29 bits per heavy atom. The maximum atomic E-state index is 8.15. The van der Waals surface area contributed by atoms with E-state index in [2.05, 4.69) is 4.90 Å². The predicted molar refractivity (Wildman–Crippen MR) is 66.6 cm³/mol. The van der Waals surface area contributed by atoms with Gasteiger partial charge in [0.15, 0.2) is 5.79 Å². The summed E-state index contributed by atoms with van der Waals surface area (Å²) in [7, 11) is 0. The van der Waals surface area contributed by atoms with Crippen LogP contribution in [0, 0.1) is 5.41 Å². The first-order valence-electron chi connectivity index (χ1n) is 5.94. The molecule has 17 heavy (non-hydrogen) atoms. The van der Waals surface area contributed by atoms with Crippen molar-refractivity contribution in [3.63, 3.8) is 0 Å². The molecule has 2 aliphatic rings. The number of nitrogens with one attached hydrogen (secondary N) is 1. The van der Waals surface area contributed by atoms with Gasteiger partial charge in [-0.2, -0.15) is 0 Å². The topological polar surface area (TPSA) is 45.6 Å². The van der Waals surface area contributed by atoms with E-state index in [0.29, 0.717) is 19.0 Å². The first-order chi connectivity index (χ1) is 8.29.